The largest absolute Gasteiger partial charge is 0.493 e. The van der Waals surface area contributed by atoms with Crippen molar-refractivity contribution in [2.45, 2.75) is 19.9 Å². The Hall–Kier alpha value is -2.41. The van der Waals surface area contributed by atoms with Gasteiger partial charge in [-0.3, -0.25) is 4.79 Å². The van der Waals surface area contributed by atoms with Crippen molar-refractivity contribution in [3.63, 3.8) is 0 Å². The lowest BCUT2D eigenvalue weighted by Gasteiger charge is -2.19. The number of nitrogens with one attached hydrogen (secondary N) is 2. The Labute approximate surface area is 162 Å². The van der Waals surface area contributed by atoms with Crippen LogP contribution in [0.2, 0.25) is 0 Å². The minimum Gasteiger partial charge on any atom is -0.493 e. The fraction of sp³-hybridized carbons (Fsp3) is 0.316. The molecule has 0 aliphatic heterocycles. The Kier molecular flexibility index (Phi) is 6.74. The van der Waals surface area contributed by atoms with Crippen molar-refractivity contribution >= 4 is 33.2 Å². The first-order valence-electron chi connectivity index (χ1n) is 8.03. The fourth-order valence-electron chi connectivity index (χ4n) is 2.44. The highest BCUT2D eigenvalue weighted by molar-refractivity contribution is 9.10. The zero-order chi connectivity index (χ0) is 19.3. The molecule has 26 heavy (non-hydrogen) atoms. The van der Waals surface area contributed by atoms with E-state index in [0.717, 1.165) is 15.7 Å². The van der Waals surface area contributed by atoms with E-state index in [1.807, 2.05) is 25.1 Å². The quantitative estimate of drug-likeness (QED) is 0.698. The van der Waals surface area contributed by atoms with E-state index in [-0.39, 0.29) is 5.91 Å². The molecule has 2 N–H and O–H groups in total. The first-order chi connectivity index (χ1) is 12.4. The second kappa shape index (κ2) is 8.80. The molecular weight excluding hydrogens is 400 g/mol. The number of amides is 1. The number of hydrogen-bond donors (Lipinski definition) is 2. The Balaban J connectivity index is 2.15. The molecule has 2 aromatic carbocycles. The van der Waals surface area contributed by atoms with Gasteiger partial charge in [0.05, 0.1) is 27.0 Å². The highest BCUT2D eigenvalue weighted by Gasteiger charge is 2.18. The van der Waals surface area contributed by atoms with Crippen LogP contribution in [0.4, 0.5) is 11.4 Å². The molecule has 0 saturated carbocycles. The third kappa shape index (κ3) is 4.60. The summed E-state index contributed by atoms with van der Waals surface area (Å²) in [5.41, 5.74) is 2.52. The van der Waals surface area contributed by atoms with Gasteiger partial charge in [-0.15, -0.1) is 0 Å². The van der Waals surface area contributed by atoms with Gasteiger partial charge >= 0.3 is 0 Å². The third-order valence-corrected chi connectivity index (χ3v) is 4.48. The van der Waals surface area contributed by atoms with E-state index >= 15 is 0 Å². The molecule has 0 aliphatic rings. The summed E-state index contributed by atoms with van der Waals surface area (Å²) in [6.45, 7) is 3.77. The maximum atomic E-state index is 12.5. The molecule has 0 bridgehead atoms. The van der Waals surface area contributed by atoms with Gasteiger partial charge < -0.3 is 24.8 Å². The average molecular weight is 423 g/mol. The molecule has 0 heterocycles. The van der Waals surface area contributed by atoms with Gasteiger partial charge in [-0.2, -0.15) is 0 Å². The molecule has 6 nitrogen and oxygen atoms in total. The van der Waals surface area contributed by atoms with Crippen molar-refractivity contribution in [2.75, 3.05) is 32.0 Å². The summed E-state index contributed by atoms with van der Waals surface area (Å²) in [6.07, 6.45) is 0. The van der Waals surface area contributed by atoms with E-state index in [9.17, 15) is 4.79 Å². The highest BCUT2D eigenvalue weighted by Crippen LogP contribution is 2.40. The highest BCUT2D eigenvalue weighted by atomic mass is 79.9. The van der Waals surface area contributed by atoms with Crippen LogP contribution in [0.3, 0.4) is 0 Å². The normalized spacial score (nSPS) is 11.5. The van der Waals surface area contributed by atoms with Crippen LogP contribution in [0.5, 0.6) is 17.2 Å². The van der Waals surface area contributed by atoms with Crippen LogP contribution in [0.15, 0.2) is 34.8 Å². The Morgan fingerprint density at radius 1 is 1.04 bits per heavy atom. The van der Waals surface area contributed by atoms with Crippen molar-refractivity contribution in [2.24, 2.45) is 0 Å². The van der Waals surface area contributed by atoms with Gasteiger partial charge in [-0.25, -0.2) is 0 Å². The zero-order valence-corrected chi connectivity index (χ0v) is 17.1. The average Bonchev–Trinajstić information content (AvgIpc) is 2.62. The second-order valence-corrected chi connectivity index (χ2v) is 6.61. The minimum absolute atomic E-state index is 0.164. The second-order valence-electron chi connectivity index (χ2n) is 5.75. The molecule has 0 fully saturated rings. The summed E-state index contributed by atoms with van der Waals surface area (Å²) in [7, 11) is 4.64. The van der Waals surface area contributed by atoms with E-state index in [1.54, 1.807) is 40.4 Å². The van der Waals surface area contributed by atoms with E-state index < -0.39 is 6.04 Å². The number of ether oxygens (including phenoxy) is 3. The van der Waals surface area contributed by atoms with Crippen LogP contribution in [-0.2, 0) is 4.79 Å². The third-order valence-electron chi connectivity index (χ3n) is 3.82. The summed E-state index contributed by atoms with van der Waals surface area (Å²) in [5, 5.41) is 6.05. The molecule has 1 atom stereocenters. The Morgan fingerprint density at radius 3 is 2.15 bits per heavy atom. The lowest BCUT2D eigenvalue weighted by molar-refractivity contribution is -0.116. The number of rotatable bonds is 7. The molecule has 140 valence electrons. The maximum Gasteiger partial charge on any atom is 0.246 e. The van der Waals surface area contributed by atoms with Crippen molar-refractivity contribution in [1.82, 2.24) is 0 Å². The number of aryl methyl sites for hydroxylation is 1. The predicted octanol–water partition coefficient (Wildman–Crippen LogP) is 4.22. The summed E-state index contributed by atoms with van der Waals surface area (Å²) in [5.74, 6) is 1.37. The molecule has 1 unspecified atom stereocenters. The number of halogens is 1. The molecule has 2 rings (SSSR count). The van der Waals surface area contributed by atoms with Gasteiger partial charge in [0, 0.05) is 22.3 Å². The fourth-order valence-corrected chi connectivity index (χ4v) is 3.03. The van der Waals surface area contributed by atoms with Gasteiger partial charge in [0.15, 0.2) is 11.5 Å². The van der Waals surface area contributed by atoms with E-state index in [0.29, 0.717) is 22.9 Å². The molecule has 1 amide bonds. The van der Waals surface area contributed by atoms with Crippen LogP contribution in [0.25, 0.3) is 0 Å². The van der Waals surface area contributed by atoms with Gasteiger partial charge in [-0.05, 0) is 47.5 Å². The molecule has 0 saturated heterocycles. The van der Waals surface area contributed by atoms with Crippen LogP contribution in [-0.4, -0.2) is 33.3 Å². The number of carbonyl (C=O) groups excluding carboxylic acids is 1. The molecule has 7 heteroatoms. The van der Waals surface area contributed by atoms with Crippen molar-refractivity contribution in [3.05, 3.63) is 40.4 Å². The van der Waals surface area contributed by atoms with Crippen LogP contribution < -0.4 is 24.8 Å². The van der Waals surface area contributed by atoms with Crippen LogP contribution in [0.1, 0.15) is 12.5 Å². The van der Waals surface area contributed by atoms with Gasteiger partial charge in [0.25, 0.3) is 0 Å². The lowest BCUT2D eigenvalue weighted by atomic mass is 10.2. The maximum absolute atomic E-state index is 12.5. The summed E-state index contributed by atoms with van der Waals surface area (Å²) >= 11 is 3.46. The number of methoxy groups -OCH3 is 3. The van der Waals surface area contributed by atoms with Gasteiger partial charge in [0.1, 0.15) is 6.04 Å². The van der Waals surface area contributed by atoms with Gasteiger partial charge in [-0.1, -0.05) is 6.07 Å². The zero-order valence-electron chi connectivity index (χ0n) is 15.5. The summed E-state index contributed by atoms with van der Waals surface area (Å²) in [6, 6.07) is 8.79. The summed E-state index contributed by atoms with van der Waals surface area (Å²) in [4.78, 5) is 12.5. The Bertz CT molecular complexity index is 770. The number of carbonyl (C=O) groups is 1. The molecular formula is C19H23BrN2O4. The molecule has 0 aliphatic carbocycles. The first-order valence-corrected chi connectivity index (χ1v) is 8.82. The lowest BCUT2D eigenvalue weighted by Crippen LogP contribution is -2.32. The number of benzene rings is 2. The predicted molar refractivity (Wildman–Crippen MR) is 107 cm³/mol. The minimum atomic E-state index is -0.481. The summed E-state index contributed by atoms with van der Waals surface area (Å²) < 4.78 is 16.8. The van der Waals surface area contributed by atoms with Crippen LogP contribution >= 0.6 is 15.9 Å². The van der Waals surface area contributed by atoms with Crippen molar-refractivity contribution in [1.29, 1.82) is 0 Å². The van der Waals surface area contributed by atoms with Crippen molar-refractivity contribution in [3.8, 4) is 17.2 Å². The molecule has 2 aromatic rings. The van der Waals surface area contributed by atoms with Crippen LogP contribution in [0, 0.1) is 6.92 Å². The van der Waals surface area contributed by atoms with E-state index in [2.05, 4.69) is 26.6 Å². The van der Waals surface area contributed by atoms with Crippen molar-refractivity contribution < 1.29 is 19.0 Å². The molecule has 0 aromatic heterocycles. The first kappa shape index (κ1) is 19.9. The monoisotopic (exact) mass is 422 g/mol. The number of anilines is 2. The SMILES string of the molecule is COc1cc(NC(C)C(=O)Nc2ccc(C)cc2Br)cc(OC)c1OC. The standard InChI is InChI=1S/C19H23BrN2O4/c1-11-6-7-15(14(20)8-11)22-19(23)12(2)21-13-9-16(24-3)18(26-5)17(10-13)25-4/h6-10,12,21H,1-5H3,(H,22,23). The van der Waals surface area contributed by atoms with E-state index in [1.165, 1.54) is 0 Å². The Morgan fingerprint density at radius 2 is 1.65 bits per heavy atom. The topological polar surface area (TPSA) is 68.8 Å². The van der Waals surface area contributed by atoms with Gasteiger partial charge in [0.2, 0.25) is 11.7 Å². The molecule has 0 spiro atoms. The van der Waals surface area contributed by atoms with E-state index in [4.69, 9.17) is 14.2 Å². The number of hydrogen-bond acceptors (Lipinski definition) is 5. The smallest absolute Gasteiger partial charge is 0.246 e. The molecule has 0 radical (unpaired) electrons.